The molecule has 2 saturated carbocycles. The molecule has 2 nitrogen and oxygen atoms in total. The van der Waals surface area contributed by atoms with E-state index >= 15 is 0 Å². The van der Waals surface area contributed by atoms with Gasteiger partial charge in [0.2, 0.25) is 0 Å². The van der Waals surface area contributed by atoms with Crippen molar-refractivity contribution in [2.24, 2.45) is 23.5 Å². The highest BCUT2D eigenvalue weighted by Gasteiger charge is 2.36. The molecule has 0 aromatic heterocycles. The third-order valence-corrected chi connectivity index (χ3v) is 5.23. The number of carbonyl (C=O) groups is 1. The molecule has 0 aromatic carbocycles. The van der Waals surface area contributed by atoms with Gasteiger partial charge in [0.05, 0.1) is 0 Å². The van der Waals surface area contributed by atoms with E-state index in [2.05, 4.69) is 6.92 Å². The van der Waals surface area contributed by atoms with E-state index in [0.717, 1.165) is 19.3 Å². The zero-order valence-corrected chi connectivity index (χ0v) is 11.9. The molecule has 0 amide bonds. The maximum atomic E-state index is 12.8. The molecule has 0 radical (unpaired) electrons. The van der Waals surface area contributed by atoms with Crippen molar-refractivity contribution in [3.8, 4) is 0 Å². The smallest absolute Gasteiger partial charge is 0.140 e. The third kappa shape index (κ3) is 3.14. The molecule has 2 N–H and O–H groups in total. The molecule has 0 aliphatic heterocycles. The van der Waals surface area contributed by atoms with Crippen LogP contribution in [0.4, 0.5) is 0 Å². The van der Waals surface area contributed by atoms with Gasteiger partial charge in [0, 0.05) is 17.9 Å². The van der Waals surface area contributed by atoms with Crippen molar-refractivity contribution in [2.45, 2.75) is 77.2 Å². The van der Waals surface area contributed by atoms with Gasteiger partial charge in [-0.1, -0.05) is 45.4 Å². The highest BCUT2D eigenvalue weighted by molar-refractivity contribution is 5.84. The first-order chi connectivity index (χ1) is 8.74. The number of hydrogen-bond acceptors (Lipinski definition) is 2. The summed E-state index contributed by atoms with van der Waals surface area (Å²) in [6, 6.07) is 0.138. The van der Waals surface area contributed by atoms with Crippen LogP contribution in [0, 0.1) is 17.8 Å². The van der Waals surface area contributed by atoms with Crippen molar-refractivity contribution in [3.63, 3.8) is 0 Å². The summed E-state index contributed by atoms with van der Waals surface area (Å²) in [4.78, 5) is 12.8. The SMILES string of the molecule is CCC1CCCCC1C(=O)C1CCCCCC1N. The van der Waals surface area contributed by atoms with Gasteiger partial charge >= 0.3 is 0 Å². The molecule has 2 fully saturated rings. The predicted octanol–water partition coefficient (Wildman–Crippen LogP) is 3.68. The van der Waals surface area contributed by atoms with Crippen LogP contribution < -0.4 is 5.73 Å². The largest absolute Gasteiger partial charge is 0.327 e. The minimum Gasteiger partial charge on any atom is -0.327 e. The van der Waals surface area contributed by atoms with E-state index < -0.39 is 0 Å². The lowest BCUT2D eigenvalue weighted by Crippen LogP contribution is -2.40. The number of rotatable bonds is 3. The van der Waals surface area contributed by atoms with Crippen molar-refractivity contribution in [2.75, 3.05) is 0 Å². The maximum absolute atomic E-state index is 12.8. The summed E-state index contributed by atoms with van der Waals surface area (Å²) in [5.41, 5.74) is 6.25. The van der Waals surface area contributed by atoms with Gasteiger partial charge in [0.25, 0.3) is 0 Å². The monoisotopic (exact) mass is 251 g/mol. The van der Waals surface area contributed by atoms with Crippen molar-refractivity contribution in [1.29, 1.82) is 0 Å². The number of carbonyl (C=O) groups excluding carboxylic acids is 1. The highest BCUT2D eigenvalue weighted by Crippen LogP contribution is 2.36. The van der Waals surface area contributed by atoms with E-state index in [1.165, 1.54) is 44.9 Å². The zero-order chi connectivity index (χ0) is 13.0. The molecule has 2 heteroatoms. The first-order valence-corrected chi connectivity index (χ1v) is 8.03. The van der Waals surface area contributed by atoms with Crippen LogP contribution >= 0.6 is 0 Å². The Morgan fingerprint density at radius 2 is 1.56 bits per heavy atom. The number of nitrogens with two attached hydrogens (primary N) is 1. The second-order valence-corrected chi connectivity index (χ2v) is 6.37. The molecule has 0 bridgehead atoms. The first kappa shape index (κ1) is 14.0. The van der Waals surface area contributed by atoms with Crippen molar-refractivity contribution in [1.82, 2.24) is 0 Å². The van der Waals surface area contributed by atoms with Crippen LogP contribution in [0.3, 0.4) is 0 Å². The van der Waals surface area contributed by atoms with E-state index in [-0.39, 0.29) is 12.0 Å². The van der Waals surface area contributed by atoms with Crippen LogP contribution in [0.2, 0.25) is 0 Å². The molecule has 2 aliphatic rings. The van der Waals surface area contributed by atoms with Crippen LogP contribution in [0.15, 0.2) is 0 Å². The Morgan fingerprint density at radius 1 is 0.944 bits per heavy atom. The van der Waals surface area contributed by atoms with Gasteiger partial charge in [-0.2, -0.15) is 0 Å². The lowest BCUT2D eigenvalue weighted by atomic mass is 9.71. The maximum Gasteiger partial charge on any atom is 0.140 e. The minimum absolute atomic E-state index is 0.138. The van der Waals surface area contributed by atoms with E-state index in [0.29, 0.717) is 17.6 Å². The van der Waals surface area contributed by atoms with Crippen LogP contribution in [0.5, 0.6) is 0 Å². The van der Waals surface area contributed by atoms with E-state index in [1.54, 1.807) is 0 Å². The summed E-state index contributed by atoms with van der Waals surface area (Å²) in [5, 5.41) is 0. The number of Topliss-reactive ketones (excluding diaryl/α,β-unsaturated/α-hetero) is 1. The Balaban J connectivity index is 2.03. The molecule has 4 unspecified atom stereocenters. The summed E-state index contributed by atoms with van der Waals surface area (Å²) in [6.07, 6.45) is 11.9. The molecular weight excluding hydrogens is 222 g/mol. The summed E-state index contributed by atoms with van der Waals surface area (Å²) in [6.45, 7) is 2.24. The normalized spacial score (nSPS) is 38.1. The summed E-state index contributed by atoms with van der Waals surface area (Å²) in [5.74, 6) is 1.67. The third-order valence-electron chi connectivity index (χ3n) is 5.23. The first-order valence-electron chi connectivity index (χ1n) is 8.03. The highest BCUT2D eigenvalue weighted by atomic mass is 16.1. The van der Waals surface area contributed by atoms with Crippen molar-refractivity contribution in [3.05, 3.63) is 0 Å². The van der Waals surface area contributed by atoms with E-state index in [9.17, 15) is 4.79 Å². The predicted molar refractivity (Wildman–Crippen MR) is 75.3 cm³/mol. The lowest BCUT2D eigenvalue weighted by Gasteiger charge is -2.33. The van der Waals surface area contributed by atoms with E-state index in [1.807, 2.05) is 0 Å². The molecule has 0 aromatic rings. The van der Waals surface area contributed by atoms with Gasteiger partial charge in [-0.05, 0) is 31.6 Å². The van der Waals surface area contributed by atoms with Gasteiger partial charge in [0.15, 0.2) is 0 Å². The standard InChI is InChI=1S/C16H29NO/c1-2-12-8-6-7-9-13(12)16(18)14-10-4-3-5-11-15(14)17/h12-15H,2-11,17H2,1H3. The van der Waals surface area contributed by atoms with Crippen molar-refractivity contribution < 1.29 is 4.79 Å². The van der Waals surface area contributed by atoms with Crippen LogP contribution in [-0.2, 0) is 4.79 Å². The molecule has 104 valence electrons. The molecule has 0 saturated heterocycles. The van der Waals surface area contributed by atoms with Crippen molar-refractivity contribution >= 4 is 5.78 Å². The second-order valence-electron chi connectivity index (χ2n) is 6.37. The van der Waals surface area contributed by atoms with Crippen LogP contribution in [0.25, 0.3) is 0 Å². The molecule has 2 rings (SSSR count). The Kier molecular flexibility index (Phi) is 5.23. The molecule has 0 spiro atoms. The Labute approximate surface area is 112 Å². The Bertz CT molecular complexity index is 272. The molecule has 2 aliphatic carbocycles. The van der Waals surface area contributed by atoms with Crippen LogP contribution in [-0.4, -0.2) is 11.8 Å². The number of ketones is 1. The quantitative estimate of drug-likeness (QED) is 0.778. The molecule has 0 heterocycles. The van der Waals surface area contributed by atoms with Gasteiger partial charge in [-0.3, -0.25) is 4.79 Å². The zero-order valence-electron chi connectivity index (χ0n) is 11.9. The van der Waals surface area contributed by atoms with Crippen LogP contribution in [0.1, 0.15) is 71.1 Å². The van der Waals surface area contributed by atoms with Gasteiger partial charge in [0.1, 0.15) is 5.78 Å². The van der Waals surface area contributed by atoms with E-state index in [4.69, 9.17) is 5.73 Å². The Morgan fingerprint density at radius 3 is 2.33 bits per heavy atom. The van der Waals surface area contributed by atoms with Gasteiger partial charge < -0.3 is 5.73 Å². The lowest BCUT2D eigenvalue weighted by molar-refractivity contribution is -0.130. The summed E-state index contributed by atoms with van der Waals surface area (Å²) >= 11 is 0. The molecule has 18 heavy (non-hydrogen) atoms. The fraction of sp³-hybridized carbons (Fsp3) is 0.938. The Hall–Kier alpha value is -0.370. The number of hydrogen-bond donors (Lipinski definition) is 1. The second kappa shape index (κ2) is 6.70. The fourth-order valence-electron chi connectivity index (χ4n) is 4.04. The minimum atomic E-state index is 0.138. The van der Waals surface area contributed by atoms with Gasteiger partial charge in [-0.25, -0.2) is 0 Å². The topological polar surface area (TPSA) is 43.1 Å². The summed E-state index contributed by atoms with van der Waals surface area (Å²) in [7, 11) is 0. The van der Waals surface area contributed by atoms with Gasteiger partial charge in [-0.15, -0.1) is 0 Å². The fourth-order valence-corrected chi connectivity index (χ4v) is 4.04. The average Bonchev–Trinajstić information content (AvgIpc) is 2.62. The molecule has 4 atom stereocenters. The average molecular weight is 251 g/mol. The molecular formula is C16H29NO. The summed E-state index contributed by atoms with van der Waals surface area (Å²) < 4.78 is 0.